The Bertz CT molecular complexity index is 475. The number of aromatic nitrogens is 1. The van der Waals surface area contributed by atoms with Crippen molar-refractivity contribution in [1.29, 1.82) is 0 Å². The molecule has 1 aromatic heterocycles. The first kappa shape index (κ1) is 13.6. The monoisotopic (exact) mass is 262 g/mol. The van der Waals surface area contributed by atoms with Gasteiger partial charge in [-0.15, -0.1) is 0 Å². The minimum Gasteiger partial charge on any atom is -0.396 e. The molecule has 2 rings (SSSR count). The maximum Gasteiger partial charge on any atom is 0.267 e. The van der Waals surface area contributed by atoms with Crippen LogP contribution in [0.4, 0.5) is 11.5 Å². The number of carbonyl (C=O) groups excluding carboxylic acids is 1. The molecule has 104 valence electrons. The van der Waals surface area contributed by atoms with Crippen molar-refractivity contribution >= 4 is 17.4 Å². The second-order valence-electron chi connectivity index (χ2n) is 5.41. The lowest BCUT2D eigenvalue weighted by atomic mass is 9.85. The third kappa shape index (κ3) is 2.80. The number of nitrogens with zero attached hydrogens (tertiary/aromatic N) is 2. The van der Waals surface area contributed by atoms with Gasteiger partial charge in [-0.1, -0.05) is 19.8 Å². The molecular formula is C14H22N4O. The minimum atomic E-state index is -0.522. The van der Waals surface area contributed by atoms with Crippen molar-refractivity contribution in [2.75, 3.05) is 17.7 Å². The molecule has 1 heterocycles. The highest BCUT2D eigenvalue weighted by atomic mass is 16.1. The van der Waals surface area contributed by atoms with E-state index in [0.29, 0.717) is 23.5 Å². The first-order valence-corrected chi connectivity index (χ1v) is 6.80. The van der Waals surface area contributed by atoms with E-state index in [1.54, 1.807) is 12.1 Å². The Morgan fingerprint density at radius 2 is 2.05 bits per heavy atom. The lowest BCUT2D eigenvalue weighted by Crippen LogP contribution is -2.40. The molecule has 19 heavy (non-hydrogen) atoms. The highest BCUT2D eigenvalue weighted by Crippen LogP contribution is 2.31. The van der Waals surface area contributed by atoms with Gasteiger partial charge in [-0.05, 0) is 30.9 Å². The molecule has 1 amide bonds. The minimum absolute atomic E-state index is 0.263. The summed E-state index contributed by atoms with van der Waals surface area (Å²) >= 11 is 0. The highest BCUT2D eigenvalue weighted by molar-refractivity contribution is 5.91. The van der Waals surface area contributed by atoms with E-state index in [1.165, 1.54) is 19.3 Å². The molecule has 0 aromatic carbocycles. The van der Waals surface area contributed by atoms with E-state index < -0.39 is 5.91 Å². The first-order chi connectivity index (χ1) is 9.00. The number of hydrogen-bond acceptors (Lipinski definition) is 4. The van der Waals surface area contributed by atoms with Crippen LogP contribution in [-0.2, 0) is 0 Å². The van der Waals surface area contributed by atoms with Gasteiger partial charge < -0.3 is 16.4 Å². The summed E-state index contributed by atoms with van der Waals surface area (Å²) in [6.45, 7) is 2.26. The number of pyridine rings is 1. The fourth-order valence-electron chi connectivity index (χ4n) is 2.91. The predicted molar refractivity (Wildman–Crippen MR) is 77.0 cm³/mol. The predicted octanol–water partition coefficient (Wildman–Crippen LogP) is 1.78. The first-order valence-electron chi connectivity index (χ1n) is 6.80. The van der Waals surface area contributed by atoms with Crippen LogP contribution in [0.2, 0.25) is 0 Å². The number of rotatable bonds is 3. The van der Waals surface area contributed by atoms with E-state index >= 15 is 0 Å². The van der Waals surface area contributed by atoms with Gasteiger partial charge in [-0.2, -0.15) is 0 Å². The molecule has 5 nitrogen and oxygen atoms in total. The maximum absolute atomic E-state index is 11.2. The average Bonchev–Trinajstić information content (AvgIpc) is 2.38. The lowest BCUT2D eigenvalue weighted by molar-refractivity contribution is 0.0995. The molecular weight excluding hydrogens is 240 g/mol. The Hall–Kier alpha value is -1.78. The Labute approximate surface area is 114 Å². The van der Waals surface area contributed by atoms with Crippen LogP contribution in [0.5, 0.6) is 0 Å². The molecule has 1 aromatic rings. The SMILES string of the molecule is CC1CCCCC1N(C)c1nc(C(N)=O)ccc1N. The van der Waals surface area contributed by atoms with Crippen molar-refractivity contribution in [2.24, 2.45) is 11.7 Å². The summed E-state index contributed by atoms with van der Waals surface area (Å²) in [5, 5.41) is 0. The van der Waals surface area contributed by atoms with Crippen LogP contribution in [0.1, 0.15) is 43.1 Å². The van der Waals surface area contributed by atoms with Gasteiger partial charge in [0.05, 0.1) is 5.69 Å². The molecule has 0 radical (unpaired) electrons. The van der Waals surface area contributed by atoms with Crippen molar-refractivity contribution < 1.29 is 4.79 Å². The van der Waals surface area contributed by atoms with Crippen molar-refractivity contribution in [3.8, 4) is 0 Å². The van der Waals surface area contributed by atoms with Crippen LogP contribution in [0.15, 0.2) is 12.1 Å². The third-order valence-corrected chi connectivity index (χ3v) is 4.06. The molecule has 2 atom stereocenters. The van der Waals surface area contributed by atoms with Crippen molar-refractivity contribution in [2.45, 2.75) is 38.6 Å². The topological polar surface area (TPSA) is 85.2 Å². The number of nitrogens with two attached hydrogens (primary N) is 2. The van der Waals surface area contributed by atoms with Crippen LogP contribution in [-0.4, -0.2) is 24.0 Å². The van der Waals surface area contributed by atoms with E-state index in [4.69, 9.17) is 11.5 Å². The summed E-state index contributed by atoms with van der Waals surface area (Å²) < 4.78 is 0. The van der Waals surface area contributed by atoms with Gasteiger partial charge in [0.15, 0.2) is 5.82 Å². The molecule has 1 fully saturated rings. The van der Waals surface area contributed by atoms with Gasteiger partial charge in [0, 0.05) is 13.1 Å². The second-order valence-corrected chi connectivity index (χ2v) is 5.41. The number of nitrogen functional groups attached to an aromatic ring is 1. The van der Waals surface area contributed by atoms with Gasteiger partial charge in [0.25, 0.3) is 5.91 Å². The molecule has 1 aliphatic carbocycles. The van der Waals surface area contributed by atoms with E-state index in [1.807, 2.05) is 7.05 Å². The molecule has 2 unspecified atom stereocenters. The fraction of sp³-hybridized carbons (Fsp3) is 0.571. The molecule has 1 saturated carbocycles. The lowest BCUT2D eigenvalue weighted by Gasteiger charge is -2.37. The Balaban J connectivity index is 2.29. The fourth-order valence-corrected chi connectivity index (χ4v) is 2.91. The number of amides is 1. The summed E-state index contributed by atoms with van der Waals surface area (Å²) in [5.41, 5.74) is 12.1. The average molecular weight is 262 g/mol. The highest BCUT2D eigenvalue weighted by Gasteiger charge is 2.27. The molecule has 5 heteroatoms. The van der Waals surface area contributed by atoms with Gasteiger partial charge >= 0.3 is 0 Å². The van der Waals surface area contributed by atoms with Gasteiger partial charge in [-0.25, -0.2) is 4.98 Å². The van der Waals surface area contributed by atoms with E-state index in [9.17, 15) is 4.79 Å². The van der Waals surface area contributed by atoms with Gasteiger partial charge in [0.1, 0.15) is 5.69 Å². The number of hydrogen-bond donors (Lipinski definition) is 2. The maximum atomic E-state index is 11.2. The smallest absolute Gasteiger partial charge is 0.267 e. The van der Waals surface area contributed by atoms with Crippen LogP contribution < -0.4 is 16.4 Å². The molecule has 1 aliphatic rings. The summed E-state index contributed by atoms with van der Waals surface area (Å²) in [5.74, 6) is 0.749. The van der Waals surface area contributed by atoms with Crippen molar-refractivity contribution in [1.82, 2.24) is 4.98 Å². The summed E-state index contributed by atoms with van der Waals surface area (Å²) in [7, 11) is 2.00. The van der Waals surface area contributed by atoms with E-state index in [0.717, 1.165) is 6.42 Å². The molecule has 0 bridgehead atoms. The zero-order chi connectivity index (χ0) is 14.0. The van der Waals surface area contributed by atoms with Crippen LogP contribution >= 0.6 is 0 Å². The van der Waals surface area contributed by atoms with Crippen LogP contribution in [0, 0.1) is 5.92 Å². The summed E-state index contributed by atoms with van der Waals surface area (Å²) in [6, 6.07) is 3.69. The van der Waals surface area contributed by atoms with Crippen LogP contribution in [0.25, 0.3) is 0 Å². The molecule has 0 spiro atoms. The molecule has 4 N–H and O–H groups in total. The second kappa shape index (κ2) is 5.47. The van der Waals surface area contributed by atoms with Gasteiger partial charge in [0.2, 0.25) is 0 Å². The van der Waals surface area contributed by atoms with Gasteiger partial charge in [-0.3, -0.25) is 4.79 Å². The molecule has 0 aliphatic heterocycles. The third-order valence-electron chi connectivity index (χ3n) is 4.06. The molecule has 0 saturated heterocycles. The van der Waals surface area contributed by atoms with Crippen molar-refractivity contribution in [3.05, 3.63) is 17.8 Å². The zero-order valence-electron chi connectivity index (χ0n) is 11.6. The van der Waals surface area contributed by atoms with E-state index in [-0.39, 0.29) is 5.69 Å². The largest absolute Gasteiger partial charge is 0.396 e. The Morgan fingerprint density at radius 3 is 2.68 bits per heavy atom. The zero-order valence-corrected chi connectivity index (χ0v) is 11.6. The number of anilines is 2. The van der Waals surface area contributed by atoms with E-state index in [2.05, 4.69) is 16.8 Å². The number of primary amides is 1. The summed E-state index contributed by atoms with van der Waals surface area (Å²) in [6.07, 6.45) is 4.88. The normalized spacial score (nSPS) is 23.1. The Morgan fingerprint density at radius 1 is 1.37 bits per heavy atom. The standard InChI is InChI=1S/C14H22N4O/c1-9-5-3-4-6-12(9)18(2)14-10(15)7-8-11(17-14)13(16)19/h7-9,12H,3-6,15H2,1-2H3,(H2,16,19). The van der Waals surface area contributed by atoms with Crippen molar-refractivity contribution in [3.63, 3.8) is 0 Å². The van der Waals surface area contributed by atoms with Crippen LogP contribution in [0.3, 0.4) is 0 Å². The Kier molecular flexibility index (Phi) is 3.93. The summed E-state index contributed by atoms with van der Waals surface area (Å²) in [4.78, 5) is 17.6. The number of carbonyl (C=O) groups is 1. The quantitative estimate of drug-likeness (QED) is 0.869.